The quantitative estimate of drug-likeness (QED) is 0.681. The second-order valence-corrected chi connectivity index (χ2v) is 1.77. The largest absolute Gasteiger partial charge is 0.540 e. The third kappa shape index (κ3) is 2.06. The molecule has 0 bridgehead atoms. The van der Waals surface area contributed by atoms with Gasteiger partial charge in [0.1, 0.15) is 0 Å². The van der Waals surface area contributed by atoms with Crippen LogP contribution in [0.25, 0.3) is 0 Å². The fourth-order valence-electron chi connectivity index (χ4n) is 0.785. The van der Waals surface area contributed by atoms with E-state index < -0.39 is 0 Å². The molecule has 0 amide bonds. The van der Waals surface area contributed by atoms with Crippen LogP contribution in [0, 0.1) is 0 Å². The predicted molar refractivity (Wildman–Crippen MR) is 26.7 cm³/mol. The zero-order chi connectivity index (χ0) is 5.11. The van der Waals surface area contributed by atoms with Gasteiger partial charge in [-0.3, -0.25) is 0 Å². The minimum atomic E-state index is 0. The van der Waals surface area contributed by atoms with Gasteiger partial charge in [-0.15, -0.1) is 0 Å². The molecule has 0 radical (unpaired) electrons. The van der Waals surface area contributed by atoms with Crippen LogP contribution >= 0.6 is 0 Å². The van der Waals surface area contributed by atoms with E-state index >= 15 is 0 Å². The molecule has 1 aliphatic rings. The van der Waals surface area contributed by atoms with Crippen LogP contribution in [-0.2, 0) is 25.9 Å². The van der Waals surface area contributed by atoms with E-state index in [2.05, 4.69) is 5.32 Å². The van der Waals surface area contributed by atoms with Crippen molar-refractivity contribution in [3.05, 3.63) is 0 Å². The summed E-state index contributed by atoms with van der Waals surface area (Å²) < 4.78 is 0. The molecule has 0 aliphatic carbocycles. The summed E-state index contributed by atoms with van der Waals surface area (Å²) in [5, 5.41) is 2.98. The van der Waals surface area contributed by atoms with Gasteiger partial charge in [-0.05, 0) is 13.0 Å². The van der Waals surface area contributed by atoms with E-state index in [1.165, 1.54) is 0 Å². The molecule has 1 saturated heterocycles. The number of hydrogen-bond acceptors (Lipinski definition) is 2. The van der Waals surface area contributed by atoms with Crippen molar-refractivity contribution >= 4 is 6.29 Å². The molecular weight excluding hydrogens is 285 g/mol. The van der Waals surface area contributed by atoms with Gasteiger partial charge >= 0.3 is 0 Å². The zero-order valence-corrected chi connectivity index (χ0v) is 6.70. The SMILES string of the molecule is O=[C-][C@@H]1CCCN1.[Pt]. The molecule has 1 atom stereocenters. The van der Waals surface area contributed by atoms with Crippen molar-refractivity contribution in [1.29, 1.82) is 0 Å². The molecule has 8 heavy (non-hydrogen) atoms. The van der Waals surface area contributed by atoms with Crippen molar-refractivity contribution in [3.63, 3.8) is 0 Å². The molecule has 1 aliphatic heterocycles. The van der Waals surface area contributed by atoms with Crippen LogP contribution < -0.4 is 5.32 Å². The van der Waals surface area contributed by atoms with E-state index in [1.54, 1.807) is 0 Å². The summed E-state index contributed by atoms with van der Waals surface area (Å²) >= 11 is 0. The van der Waals surface area contributed by atoms with E-state index in [4.69, 9.17) is 0 Å². The van der Waals surface area contributed by atoms with Crippen molar-refractivity contribution in [2.24, 2.45) is 0 Å². The summed E-state index contributed by atoms with van der Waals surface area (Å²) in [7, 11) is 0. The molecule has 50 valence electrons. The van der Waals surface area contributed by atoms with Gasteiger partial charge in [0.2, 0.25) is 0 Å². The number of nitrogens with one attached hydrogen (secondary N) is 1. The Morgan fingerprint density at radius 1 is 1.62 bits per heavy atom. The summed E-state index contributed by atoms with van der Waals surface area (Å²) in [5.74, 6) is 0. The van der Waals surface area contributed by atoms with Gasteiger partial charge in [0.15, 0.2) is 0 Å². The van der Waals surface area contributed by atoms with E-state index in [1.807, 2.05) is 6.29 Å². The Hall–Kier alpha value is 0.318. The minimum Gasteiger partial charge on any atom is -0.540 e. The molecule has 2 nitrogen and oxygen atoms in total. The van der Waals surface area contributed by atoms with Crippen LogP contribution in [0.15, 0.2) is 0 Å². The first-order valence-corrected chi connectivity index (χ1v) is 2.54. The van der Waals surface area contributed by atoms with E-state index in [0.29, 0.717) is 0 Å². The van der Waals surface area contributed by atoms with Crippen LogP contribution in [-0.4, -0.2) is 18.9 Å². The maximum absolute atomic E-state index is 9.82. The third-order valence-corrected chi connectivity index (χ3v) is 1.20. The molecule has 0 aromatic heterocycles. The Bertz CT molecular complexity index is 70.8. The van der Waals surface area contributed by atoms with Crippen molar-refractivity contribution < 1.29 is 25.9 Å². The molecule has 0 aromatic rings. The van der Waals surface area contributed by atoms with Gasteiger partial charge in [-0.2, -0.15) is 0 Å². The van der Waals surface area contributed by atoms with Crippen molar-refractivity contribution in [2.75, 3.05) is 6.54 Å². The molecule has 0 spiro atoms. The summed E-state index contributed by atoms with van der Waals surface area (Å²) in [6.07, 6.45) is 4.00. The zero-order valence-electron chi connectivity index (χ0n) is 4.42. The normalized spacial score (nSPS) is 26.8. The summed E-state index contributed by atoms with van der Waals surface area (Å²) in [5.41, 5.74) is 0. The first-order chi connectivity index (χ1) is 3.43. The van der Waals surface area contributed by atoms with Crippen LogP contribution in [0.3, 0.4) is 0 Å². The molecule has 0 aromatic carbocycles. The van der Waals surface area contributed by atoms with Gasteiger partial charge in [0, 0.05) is 21.1 Å². The summed E-state index contributed by atoms with van der Waals surface area (Å²) in [6, 6.07) is 0.0417. The molecule has 1 fully saturated rings. The van der Waals surface area contributed by atoms with Gasteiger partial charge in [-0.25, -0.2) is 6.29 Å². The summed E-state index contributed by atoms with van der Waals surface area (Å²) in [4.78, 5) is 9.82. The Morgan fingerprint density at radius 2 is 2.38 bits per heavy atom. The molecule has 0 unspecified atom stereocenters. The second-order valence-electron chi connectivity index (χ2n) is 1.77. The Morgan fingerprint density at radius 3 is 2.62 bits per heavy atom. The summed E-state index contributed by atoms with van der Waals surface area (Å²) in [6.45, 7) is 0.986. The first kappa shape index (κ1) is 8.32. The third-order valence-electron chi connectivity index (χ3n) is 1.20. The fraction of sp³-hybridized carbons (Fsp3) is 0.800. The topological polar surface area (TPSA) is 29.1 Å². The van der Waals surface area contributed by atoms with Crippen LogP contribution in [0.5, 0.6) is 0 Å². The van der Waals surface area contributed by atoms with Crippen LogP contribution in [0.1, 0.15) is 12.8 Å². The van der Waals surface area contributed by atoms with Crippen LogP contribution in [0.4, 0.5) is 0 Å². The van der Waals surface area contributed by atoms with E-state index in [9.17, 15) is 4.79 Å². The minimum absolute atomic E-state index is 0. The Balaban J connectivity index is 0.000000490. The van der Waals surface area contributed by atoms with Crippen molar-refractivity contribution in [3.8, 4) is 0 Å². The fourth-order valence-corrected chi connectivity index (χ4v) is 0.785. The average molecular weight is 293 g/mol. The van der Waals surface area contributed by atoms with Crippen LogP contribution in [0.2, 0.25) is 0 Å². The van der Waals surface area contributed by atoms with Crippen molar-refractivity contribution in [2.45, 2.75) is 18.9 Å². The molecule has 0 saturated carbocycles. The van der Waals surface area contributed by atoms with E-state index in [-0.39, 0.29) is 27.1 Å². The molecule has 1 rings (SSSR count). The molecule has 1 heterocycles. The standard InChI is InChI=1S/C5H8NO.Pt/c7-4-5-2-1-3-6-5;/h5-6H,1-3H2;/q-1;/t5-;/m0./s1. The molecule has 1 N–H and O–H groups in total. The number of rotatable bonds is 1. The Labute approximate surface area is 63.3 Å². The maximum Gasteiger partial charge on any atom is 0 e. The first-order valence-electron chi connectivity index (χ1n) is 2.54. The van der Waals surface area contributed by atoms with Gasteiger partial charge in [-0.1, -0.05) is 12.5 Å². The maximum atomic E-state index is 9.82. The molecule has 3 heteroatoms. The van der Waals surface area contributed by atoms with Gasteiger partial charge < -0.3 is 10.1 Å². The monoisotopic (exact) mass is 293 g/mol. The van der Waals surface area contributed by atoms with E-state index in [0.717, 1.165) is 19.4 Å². The number of hydrogen-bond donors (Lipinski definition) is 1. The molecular formula is C5H8NOPt-. The van der Waals surface area contributed by atoms with Gasteiger partial charge in [0.25, 0.3) is 0 Å². The smallest absolute Gasteiger partial charge is 0 e. The van der Waals surface area contributed by atoms with Crippen molar-refractivity contribution in [1.82, 2.24) is 5.32 Å². The Kier molecular flexibility index (Phi) is 4.39. The number of carbonyl (C=O) groups excluding carboxylic acids is 1. The average Bonchev–Trinajstić information content (AvgIpc) is 2.14. The second kappa shape index (κ2) is 4.22. The predicted octanol–water partition coefficient (Wildman–Crippen LogP) is -0.154. The van der Waals surface area contributed by atoms with Gasteiger partial charge in [0.05, 0.1) is 0 Å².